The van der Waals surface area contributed by atoms with Crippen LogP contribution in [0.3, 0.4) is 0 Å². The van der Waals surface area contributed by atoms with Crippen molar-refractivity contribution in [2.45, 2.75) is 12.8 Å². The molecule has 5 nitrogen and oxygen atoms in total. The average molecular weight is 226 g/mol. The van der Waals surface area contributed by atoms with Crippen LogP contribution >= 0.6 is 0 Å². The highest BCUT2D eigenvalue weighted by atomic mass is 16.3. The van der Waals surface area contributed by atoms with Gasteiger partial charge in [0.15, 0.2) is 0 Å². The number of amides is 2. The van der Waals surface area contributed by atoms with Crippen molar-refractivity contribution in [1.29, 1.82) is 0 Å². The molecule has 2 rings (SSSR count). The van der Waals surface area contributed by atoms with Gasteiger partial charge < -0.3 is 14.9 Å². The summed E-state index contributed by atoms with van der Waals surface area (Å²) in [5, 5.41) is 9.01. The number of hydrogen-bond donors (Lipinski definition) is 1. The summed E-state index contributed by atoms with van der Waals surface area (Å²) < 4.78 is 0. The topological polar surface area (TPSA) is 60.9 Å². The average Bonchev–Trinajstić information content (AvgIpc) is 2.86. The Balaban J connectivity index is 1.91. The van der Waals surface area contributed by atoms with Gasteiger partial charge in [0.2, 0.25) is 11.8 Å². The van der Waals surface area contributed by atoms with Gasteiger partial charge in [-0.3, -0.25) is 9.59 Å². The maximum atomic E-state index is 12.1. The number of aliphatic hydroxyl groups excluding tert-OH is 1. The summed E-state index contributed by atoms with van der Waals surface area (Å²) in [6.45, 7) is 2.05. The molecular weight excluding hydrogens is 208 g/mol. The number of carbonyl (C=O) groups is 2. The fourth-order valence-corrected chi connectivity index (χ4v) is 2.47. The molecule has 0 aliphatic carbocycles. The van der Waals surface area contributed by atoms with Crippen molar-refractivity contribution in [1.82, 2.24) is 9.80 Å². The number of carbonyl (C=O) groups excluding carboxylic acids is 2. The maximum Gasteiger partial charge on any atom is 0.228 e. The van der Waals surface area contributed by atoms with Gasteiger partial charge in [-0.1, -0.05) is 0 Å². The number of nitrogens with zero attached hydrogens (tertiary/aromatic N) is 2. The fraction of sp³-hybridized carbons (Fsp3) is 0.818. The second kappa shape index (κ2) is 4.41. The van der Waals surface area contributed by atoms with Crippen molar-refractivity contribution in [3.05, 3.63) is 0 Å². The minimum absolute atomic E-state index is 0.0521. The lowest BCUT2D eigenvalue weighted by molar-refractivity contribution is -0.135. The molecule has 0 aromatic rings. The molecule has 0 aromatic carbocycles. The highest BCUT2D eigenvalue weighted by Crippen LogP contribution is 2.23. The fourth-order valence-electron chi connectivity index (χ4n) is 2.47. The summed E-state index contributed by atoms with van der Waals surface area (Å²) in [4.78, 5) is 26.8. The first-order valence-corrected chi connectivity index (χ1v) is 5.75. The molecule has 16 heavy (non-hydrogen) atoms. The second-order valence-corrected chi connectivity index (χ2v) is 4.80. The number of aliphatic hydroxyl groups is 1. The first kappa shape index (κ1) is 11.4. The van der Waals surface area contributed by atoms with Gasteiger partial charge in [0, 0.05) is 45.6 Å². The smallest absolute Gasteiger partial charge is 0.228 e. The van der Waals surface area contributed by atoms with Crippen LogP contribution in [0.15, 0.2) is 0 Å². The number of hydrogen-bond acceptors (Lipinski definition) is 3. The van der Waals surface area contributed by atoms with Crippen LogP contribution in [0.2, 0.25) is 0 Å². The van der Waals surface area contributed by atoms with E-state index in [0.717, 1.165) is 13.0 Å². The largest absolute Gasteiger partial charge is 0.396 e. The van der Waals surface area contributed by atoms with Crippen molar-refractivity contribution in [3.8, 4) is 0 Å². The van der Waals surface area contributed by atoms with Gasteiger partial charge >= 0.3 is 0 Å². The molecule has 0 spiro atoms. The van der Waals surface area contributed by atoms with E-state index in [4.69, 9.17) is 5.11 Å². The highest BCUT2D eigenvalue weighted by molar-refractivity contribution is 5.89. The van der Waals surface area contributed by atoms with Gasteiger partial charge in [-0.2, -0.15) is 0 Å². The summed E-state index contributed by atoms with van der Waals surface area (Å²) in [6.07, 6.45) is 1.22. The van der Waals surface area contributed by atoms with Crippen molar-refractivity contribution in [2.75, 3.05) is 33.3 Å². The van der Waals surface area contributed by atoms with Gasteiger partial charge in [0.25, 0.3) is 0 Å². The van der Waals surface area contributed by atoms with Crippen molar-refractivity contribution < 1.29 is 14.7 Å². The lowest BCUT2D eigenvalue weighted by Crippen LogP contribution is -2.35. The van der Waals surface area contributed by atoms with Gasteiger partial charge in [0.05, 0.1) is 5.92 Å². The third-order valence-electron chi connectivity index (χ3n) is 3.55. The summed E-state index contributed by atoms with van der Waals surface area (Å²) in [7, 11) is 1.73. The molecule has 2 atom stereocenters. The van der Waals surface area contributed by atoms with E-state index in [1.54, 1.807) is 16.8 Å². The van der Waals surface area contributed by atoms with E-state index in [1.165, 1.54) is 0 Å². The third kappa shape index (κ3) is 2.04. The highest BCUT2D eigenvalue weighted by Gasteiger charge is 2.36. The summed E-state index contributed by atoms with van der Waals surface area (Å²) in [6, 6.07) is 0. The molecule has 2 unspecified atom stereocenters. The molecule has 0 radical (unpaired) electrons. The first-order chi connectivity index (χ1) is 7.61. The van der Waals surface area contributed by atoms with Crippen LogP contribution < -0.4 is 0 Å². The maximum absolute atomic E-state index is 12.1. The van der Waals surface area contributed by atoms with Gasteiger partial charge in [-0.25, -0.2) is 0 Å². The molecule has 2 heterocycles. The van der Waals surface area contributed by atoms with Crippen LogP contribution in [0.4, 0.5) is 0 Å². The Morgan fingerprint density at radius 3 is 2.75 bits per heavy atom. The van der Waals surface area contributed by atoms with E-state index in [2.05, 4.69) is 0 Å². The van der Waals surface area contributed by atoms with Gasteiger partial charge in [0.1, 0.15) is 0 Å². The zero-order valence-corrected chi connectivity index (χ0v) is 9.56. The Morgan fingerprint density at radius 1 is 1.50 bits per heavy atom. The molecule has 0 saturated carbocycles. The lowest BCUT2D eigenvalue weighted by atomic mass is 10.1. The molecule has 2 aliphatic rings. The zero-order valence-electron chi connectivity index (χ0n) is 9.56. The van der Waals surface area contributed by atoms with Gasteiger partial charge in [-0.05, 0) is 6.42 Å². The minimum atomic E-state index is -0.171. The molecule has 1 N–H and O–H groups in total. The van der Waals surface area contributed by atoms with E-state index in [-0.39, 0.29) is 30.3 Å². The minimum Gasteiger partial charge on any atom is -0.396 e. The van der Waals surface area contributed by atoms with Crippen LogP contribution in [-0.4, -0.2) is 60.0 Å². The van der Waals surface area contributed by atoms with Crippen LogP contribution in [0.25, 0.3) is 0 Å². The molecule has 5 heteroatoms. The SMILES string of the molecule is CN1CC(C(=O)N2CCC(CO)C2)CC1=O. The second-order valence-electron chi connectivity index (χ2n) is 4.80. The van der Waals surface area contributed by atoms with E-state index >= 15 is 0 Å². The Hall–Kier alpha value is -1.10. The summed E-state index contributed by atoms with van der Waals surface area (Å²) in [5.41, 5.74) is 0. The standard InChI is InChI=1S/C11H18N2O3/c1-12-6-9(4-10(12)15)11(16)13-3-2-8(5-13)7-14/h8-9,14H,2-7H2,1H3. The Labute approximate surface area is 95.0 Å². The molecular formula is C11H18N2O3. The Morgan fingerprint density at radius 2 is 2.25 bits per heavy atom. The third-order valence-corrected chi connectivity index (χ3v) is 3.55. The predicted octanol–water partition coefficient (Wildman–Crippen LogP) is -0.694. The molecule has 2 amide bonds. The van der Waals surface area contributed by atoms with Crippen molar-refractivity contribution in [3.63, 3.8) is 0 Å². The quantitative estimate of drug-likeness (QED) is 0.677. The van der Waals surface area contributed by atoms with E-state index < -0.39 is 0 Å². The zero-order chi connectivity index (χ0) is 11.7. The normalized spacial score (nSPS) is 30.2. The molecule has 0 aromatic heterocycles. The van der Waals surface area contributed by atoms with E-state index in [9.17, 15) is 9.59 Å². The van der Waals surface area contributed by atoms with Crippen LogP contribution in [0.1, 0.15) is 12.8 Å². The monoisotopic (exact) mass is 226 g/mol. The van der Waals surface area contributed by atoms with Crippen LogP contribution in [0.5, 0.6) is 0 Å². The molecule has 0 bridgehead atoms. The molecule has 2 aliphatic heterocycles. The molecule has 2 saturated heterocycles. The van der Waals surface area contributed by atoms with Crippen LogP contribution in [0, 0.1) is 11.8 Å². The Kier molecular flexibility index (Phi) is 3.14. The van der Waals surface area contributed by atoms with Crippen molar-refractivity contribution >= 4 is 11.8 Å². The summed E-state index contributed by atoms with van der Waals surface area (Å²) in [5.74, 6) is 0.179. The Bertz CT molecular complexity index is 306. The first-order valence-electron chi connectivity index (χ1n) is 5.75. The van der Waals surface area contributed by atoms with E-state index in [1.807, 2.05) is 0 Å². The van der Waals surface area contributed by atoms with Gasteiger partial charge in [-0.15, -0.1) is 0 Å². The lowest BCUT2D eigenvalue weighted by Gasteiger charge is -2.19. The predicted molar refractivity (Wildman–Crippen MR) is 57.5 cm³/mol. The van der Waals surface area contributed by atoms with Crippen LogP contribution in [-0.2, 0) is 9.59 Å². The van der Waals surface area contributed by atoms with Crippen molar-refractivity contribution in [2.24, 2.45) is 11.8 Å². The number of rotatable bonds is 2. The molecule has 2 fully saturated rings. The molecule has 90 valence electrons. The number of likely N-dealkylation sites (tertiary alicyclic amines) is 2. The summed E-state index contributed by atoms with van der Waals surface area (Å²) >= 11 is 0. The van der Waals surface area contributed by atoms with E-state index in [0.29, 0.717) is 19.5 Å².